The lowest BCUT2D eigenvalue weighted by molar-refractivity contribution is -0.136. The van der Waals surface area contributed by atoms with Crippen LogP contribution in [-0.4, -0.2) is 47.2 Å². The smallest absolute Gasteiger partial charge is 0.344 e. The van der Waals surface area contributed by atoms with Gasteiger partial charge in [-0.25, -0.2) is 9.59 Å². The molecule has 0 aliphatic carbocycles. The van der Waals surface area contributed by atoms with Crippen LogP contribution in [0.3, 0.4) is 0 Å². The lowest BCUT2D eigenvalue weighted by Crippen LogP contribution is -2.41. The van der Waals surface area contributed by atoms with E-state index in [1.807, 2.05) is 6.92 Å². The number of aromatic nitrogens is 1. The van der Waals surface area contributed by atoms with Crippen molar-refractivity contribution in [1.29, 1.82) is 0 Å². The van der Waals surface area contributed by atoms with E-state index in [0.717, 1.165) is 4.90 Å². The maximum absolute atomic E-state index is 12.1. The molecule has 1 atom stereocenters. The Bertz CT molecular complexity index is 580. The van der Waals surface area contributed by atoms with Gasteiger partial charge in [0.05, 0.1) is 5.69 Å². The third-order valence-electron chi connectivity index (χ3n) is 3.23. The van der Waals surface area contributed by atoms with Crippen molar-refractivity contribution >= 4 is 17.9 Å². The first-order chi connectivity index (χ1) is 9.95. The molecule has 21 heavy (non-hydrogen) atoms. The summed E-state index contributed by atoms with van der Waals surface area (Å²) in [6.07, 6.45) is -0.543. The van der Waals surface area contributed by atoms with Crippen LogP contribution in [0.1, 0.15) is 35.7 Å². The van der Waals surface area contributed by atoms with E-state index in [9.17, 15) is 14.4 Å². The summed E-state index contributed by atoms with van der Waals surface area (Å²) in [5.41, 5.74) is 0.721. The molecule has 0 bridgehead atoms. The summed E-state index contributed by atoms with van der Waals surface area (Å²) < 4.78 is 10.1. The van der Waals surface area contributed by atoms with Crippen molar-refractivity contribution in [2.75, 3.05) is 13.1 Å². The van der Waals surface area contributed by atoms with Crippen LogP contribution in [-0.2, 0) is 16.0 Å². The van der Waals surface area contributed by atoms with Gasteiger partial charge in [-0.15, -0.1) is 0 Å². The van der Waals surface area contributed by atoms with Crippen molar-refractivity contribution in [3.8, 4) is 0 Å². The summed E-state index contributed by atoms with van der Waals surface area (Å²) in [6.45, 7) is 5.53. The highest BCUT2D eigenvalue weighted by atomic mass is 16.5. The average molecular weight is 295 g/mol. The summed E-state index contributed by atoms with van der Waals surface area (Å²) in [5.74, 6) is -0.882. The standard InChI is InChI=1S/C13H17N3O5/c1-4-9-10(7(2)21-15-9)12(18)20-8(3)11(17)16-6-5-14-13(16)19/h8H,4-6H2,1-3H3,(H,14,19)/t8-/m1/s1. The first-order valence-electron chi connectivity index (χ1n) is 6.71. The summed E-state index contributed by atoms with van der Waals surface area (Å²) in [7, 11) is 0. The van der Waals surface area contributed by atoms with Crippen LogP contribution in [0, 0.1) is 6.92 Å². The number of hydrogen-bond donors (Lipinski definition) is 1. The predicted octanol–water partition coefficient (Wildman–Crippen LogP) is 0.643. The lowest BCUT2D eigenvalue weighted by atomic mass is 10.1. The second-order valence-electron chi connectivity index (χ2n) is 4.68. The van der Waals surface area contributed by atoms with Crippen LogP contribution in [0.2, 0.25) is 0 Å². The van der Waals surface area contributed by atoms with E-state index in [2.05, 4.69) is 10.5 Å². The first kappa shape index (κ1) is 15.0. The Balaban J connectivity index is 2.06. The third-order valence-corrected chi connectivity index (χ3v) is 3.23. The third kappa shape index (κ3) is 2.88. The van der Waals surface area contributed by atoms with Crippen molar-refractivity contribution in [2.24, 2.45) is 0 Å². The fourth-order valence-corrected chi connectivity index (χ4v) is 2.09. The van der Waals surface area contributed by atoms with Gasteiger partial charge < -0.3 is 14.6 Å². The number of carbonyl (C=O) groups is 3. The van der Waals surface area contributed by atoms with Crippen molar-refractivity contribution < 1.29 is 23.6 Å². The molecule has 8 heteroatoms. The molecule has 0 saturated carbocycles. The second-order valence-corrected chi connectivity index (χ2v) is 4.68. The van der Waals surface area contributed by atoms with Gasteiger partial charge in [0.2, 0.25) is 0 Å². The Kier molecular flexibility index (Phi) is 4.25. The highest BCUT2D eigenvalue weighted by molar-refractivity contribution is 5.99. The Morgan fingerprint density at radius 1 is 1.52 bits per heavy atom. The Labute approximate surface area is 121 Å². The monoisotopic (exact) mass is 295 g/mol. The predicted molar refractivity (Wildman–Crippen MR) is 70.6 cm³/mol. The lowest BCUT2D eigenvalue weighted by Gasteiger charge is -2.18. The molecule has 8 nitrogen and oxygen atoms in total. The Morgan fingerprint density at radius 3 is 2.81 bits per heavy atom. The molecule has 2 rings (SSSR count). The molecule has 0 unspecified atom stereocenters. The molecule has 114 valence electrons. The summed E-state index contributed by atoms with van der Waals surface area (Å²) in [6, 6.07) is -0.474. The molecule has 0 spiro atoms. The number of imide groups is 1. The number of ether oxygens (including phenoxy) is 1. The maximum Gasteiger partial charge on any atom is 0.344 e. The molecule has 1 aliphatic heterocycles. The minimum absolute atomic E-state index is 0.239. The zero-order chi connectivity index (χ0) is 15.6. The van der Waals surface area contributed by atoms with E-state index in [0.29, 0.717) is 24.4 Å². The van der Waals surface area contributed by atoms with E-state index >= 15 is 0 Å². The number of urea groups is 1. The summed E-state index contributed by atoms with van der Waals surface area (Å²) in [5, 5.41) is 6.28. The van der Waals surface area contributed by atoms with Crippen molar-refractivity contribution in [1.82, 2.24) is 15.4 Å². The second kappa shape index (κ2) is 5.94. The number of amides is 3. The van der Waals surface area contributed by atoms with Gasteiger partial charge in [0.15, 0.2) is 6.10 Å². The molecule has 1 aliphatic rings. The number of nitrogens with one attached hydrogen (secondary N) is 1. The zero-order valence-corrected chi connectivity index (χ0v) is 12.1. The van der Waals surface area contributed by atoms with Gasteiger partial charge in [-0.2, -0.15) is 0 Å². The van der Waals surface area contributed by atoms with Crippen LogP contribution < -0.4 is 5.32 Å². The summed E-state index contributed by atoms with van der Waals surface area (Å²) >= 11 is 0. The van der Waals surface area contributed by atoms with Crippen molar-refractivity contribution in [3.05, 3.63) is 17.0 Å². The molecular formula is C13H17N3O5. The normalized spacial score (nSPS) is 15.8. The van der Waals surface area contributed by atoms with Gasteiger partial charge in [-0.1, -0.05) is 12.1 Å². The average Bonchev–Trinajstić information content (AvgIpc) is 3.03. The first-order valence-corrected chi connectivity index (χ1v) is 6.71. The van der Waals surface area contributed by atoms with Gasteiger partial charge >= 0.3 is 12.0 Å². The van der Waals surface area contributed by atoms with E-state index in [-0.39, 0.29) is 12.1 Å². The Morgan fingerprint density at radius 2 is 2.24 bits per heavy atom. The molecule has 1 aromatic heterocycles. The molecular weight excluding hydrogens is 278 g/mol. The number of carbonyl (C=O) groups excluding carboxylic acids is 3. The van der Waals surface area contributed by atoms with Gasteiger partial charge in [-0.3, -0.25) is 9.69 Å². The topological polar surface area (TPSA) is 102 Å². The highest BCUT2D eigenvalue weighted by Gasteiger charge is 2.32. The molecule has 3 amide bonds. The van der Waals surface area contributed by atoms with Crippen molar-refractivity contribution in [3.63, 3.8) is 0 Å². The van der Waals surface area contributed by atoms with Gasteiger partial charge in [0.1, 0.15) is 11.3 Å². The summed E-state index contributed by atoms with van der Waals surface area (Å²) in [4.78, 5) is 36.6. The van der Waals surface area contributed by atoms with E-state index < -0.39 is 24.0 Å². The number of aryl methyl sites for hydroxylation is 2. The SMILES string of the molecule is CCc1noc(C)c1C(=O)O[C@H](C)C(=O)N1CCNC1=O. The fraction of sp³-hybridized carbons (Fsp3) is 0.538. The van der Waals surface area contributed by atoms with Gasteiger partial charge in [-0.05, 0) is 20.3 Å². The van der Waals surface area contributed by atoms with Gasteiger partial charge in [0, 0.05) is 13.1 Å². The Hall–Kier alpha value is -2.38. The molecule has 0 aromatic carbocycles. The highest BCUT2D eigenvalue weighted by Crippen LogP contribution is 2.16. The number of esters is 1. The number of nitrogens with zero attached hydrogens (tertiary/aromatic N) is 2. The van der Waals surface area contributed by atoms with Crippen molar-refractivity contribution in [2.45, 2.75) is 33.3 Å². The quantitative estimate of drug-likeness (QED) is 0.818. The molecule has 0 radical (unpaired) electrons. The zero-order valence-electron chi connectivity index (χ0n) is 12.1. The van der Waals surface area contributed by atoms with Crippen LogP contribution in [0.15, 0.2) is 4.52 Å². The maximum atomic E-state index is 12.1. The molecule has 1 aromatic rings. The largest absolute Gasteiger partial charge is 0.449 e. The van der Waals surface area contributed by atoms with E-state index in [1.165, 1.54) is 6.92 Å². The molecule has 1 fully saturated rings. The van der Waals surface area contributed by atoms with E-state index in [1.54, 1.807) is 6.92 Å². The fourth-order valence-electron chi connectivity index (χ4n) is 2.09. The van der Waals surface area contributed by atoms with Crippen LogP contribution >= 0.6 is 0 Å². The molecule has 1 N–H and O–H groups in total. The van der Waals surface area contributed by atoms with Crippen LogP contribution in [0.4, 0.5) is 4.79 Å². The molecule has 1 saturated heterocycles. The van der Waals surface area contributed by atoms with Crippen LogP contribution in [0.5, 0.6) is 0 Å². The number of hydrogen-bond acceptors (Lipinski definition) is 6. The molecule has 2 heterocycles. The minimum Gasteiger partial charge on any atom is -0.449 e. The van der Waals surface area contributed by atoms with Crippen LogP contribution in [0.25, 0.3) is 0 Å². The minimum atomic E-state index is -1.06. The van der Waals surface area contributed by atoms with Gasteiger partial charge in [0.25, 0.3) is 5.91 Å². The number of rotatable bonds is 4. The van der Waals surface area contributed by atoms with E-state index in [4.69, 9.17) is 9.26 Å².